The molecule has 2 aromatic rings. The van der Waals surface area contributed by atoms with Gasteiger partial charge in [0.25, 0.3) is 11.1 Å². The highest BCUT2D eigenvalue weighted by Crippen LogP contribution is 2.31. The fraction of sp³-hybridized carbons (Fsp3) is 0.381. The van der Waals surface area contributed by atoms with Crippen LogP contribution in [0.15, 0.2) is 29.3 Å². The summed E-state index contributed by atoms with van der Waals surface area (Å²) >= 11 is 0.891. The molecule has 0 unspecified atom stereocenters. The first-order valence-corrected chi connectivity index (χ1v) is 10.6. The summed E-state index contributed by atoms with van der Waals surface area (Å²) in [4.78, 5) is 36.3. The molecule has 1 aromatic heterocycles. The average Bonchev–Trinajstić information content (AvgIpc) is 3.41. The Morgan fingerprint density at radius 1 is 1.41 bits per heavy atom. The number of fused-ring (bicyclic) bond motifs is 1. The van der Waals surface area contributed by atoms with Crippen LogP contribution in [-0.4, -0.2) is 40.9 Å². The Morgan fingerprint density at radius 2 is 2.28 bits per heavy atom. The van der Waals surface area contributed by atoms with Gasteiger partial charge in [-0.05, 0) is 42.7 Å². The van der Waals surface area contributed by atoms with Gasteiger partial charge in [0, 0.05) is 30.3 Å². The van der Waals surface area contributed by atoms with Crippen LogP contribution < -0.4 is 10.6 Å². The quantitative estimate of drug-likeness (QED) is 0.711. The first-order chi connectivity index (χ1) is 14.0. The van der Waals surface area contributed by atoms with Crippen molar-refractivity contribution in [2.45, 2.75) is 38.8 Å². The first kappa shape index (κ1) is 19.7. The standard InChI is InChI=1S/C21H23N3O4S/c1-2-13-5-3-7-16-14(9-17-20(26)23-21(27)29-17)11-24(19(13)16)12-18(25)22-10-15-6-4-8-28-15/h3,5,7,9,11,15H,2,4,6,8,10,12H2,1H3,(H,22,25)(H,23,26,27)/b17-9-/t15-/m1/s1. The van der Waals surface area contributed by atoms with Crippen molar-refractivity contribution in [1.29, 1.82) is 0 Å². The summed E-state index contributed by atoms with van der Waals surface area (Å²) in [7, 11) is 0. The lowest BCUT2D eigenvalue weighted by atomic mass is 10.1. The summed E-state index contributed by atoms with van der Waals surface area (Å²) in [6, 6.07) is 5.99. The lowest BCUT2D eigenvalue weighted by molar-refractivity contribution is -0.122. The van der Waals surface area contributed by atoms with E-state index in [-0.39, 0.29) is 29.7 Å². The molecule has 1 aromatic carbocycles. The molecular weight excluding hydrogens is 390 g/mol. The van der Waals surface area contributed by atoms with E-state index in [2.05, 4.69) is 17.6 Å². The predicted molar refractivity (Wildman–Crippen MR) is 112 cm³/mol. The van der Waals surface area contributed by atoms with E-state index >= 15 is 0 Å². The molecule has 29 heavy (non-hydrogen) atoms. The molecule has 0 aliphatic carbocycles. The van der Waals surface area contributed by atoms with Gasteiger partial charge in [-0.2, -0.15) is 0 Å². The molecule has 7 nitrogen and oxygen atoms in total. The normalized spacial score (nSPS) is 20.6. The van der Waals surface area contributed by atoms with E-state index in [4.69, 9.17) is 4.74 Å². The molecule has 3 amide bonds. The van der Waals surface area contributed by atoms with Gasteiger partial charge < -0.3 is 14.6 Å². The number of imide groups is 1. The minimum atomic E-state index is -0.387. The van der Waals surface area contributed by atoms with E-state index in [0.29, 0.717) is 11.4 Å². The Morgan fingerprint density at radius 3 is 2.97 bits per heavy atom. The Hall–Kier alpha value is -2.58. The average molecular weight is 413 g/mol. The number of hydrogen-bond donors (Lipinski definition) is 2. The van der Waals surface area contributed by atoms with Gasteiger partial charge in [0.15, 0.2) is 0 Å². The lowest BCUT2D eigenvalue weighted by Gasteiger charge is -2.12. The molecule has 1 atom stereocenters. The number of carbonyl (C=O) groups excluding carboxylic acids is 3. The Balaban J connectivity index is 1.62. The maximum absolute atomic E-state index is 12.5. The van der Waals surface area contributed by atoms with E-state index in [0.717, 1.165) is 59.7 Å². The van der Waals surface area contributed by atoms with E-state index in [1.54, 1.807) is 6.08 Å². The molecule has 0 radical (unpaired) electrons. The molecule has 2 N–H and O–H groups in total. The lowest BCUT2D eigenvalue weighted by Crippen LogP contribution is -2.34. The number of ether oxygens (including phenoxy) is 1. The van der Waals surface area contributed by atoms with Crippen LogP contribution in [0.1, 0.15) is 30.9 Å². The zero-order valence-corrected chi connectivity index (χ0v) is 17.0. The molecule has 2 fully saturated rings. The van der Waals surface area contributed by atoms with Crippen LogP contribution in [0.3, 0.4) is 0 Å². The largest absolute Gasteiger partial charge is 0.376 e. The van der Waals surface area contributed by atoms with Crippen LogP contribution in [-0.2, 0) is 27.3 Å². The third-order valence-electron chi connectivity index (χ3n) is 5.19. The Kier molecular flexibility index (Phi) is 5.73. The smallest absolute Gasteiger partial charge is 0.290 e. The van der Waals surface area contributed by atoms with Crippen molar-refractivity contribution in [1.82, 2.24) is 15.2 Å². The molecule has 2 aliphatic rings. The molecule has 0 saturated carbocycles. The highest BCUT2D eigenvalue weighted by Gasteiger charge is 2.26. The van der Waals surface area contributed by atoms with Gasteiger partial charge in [-0.3, -0.25) is 19.7 Å². The van der Waals surface area contributed by atoms with Crippen LogP contribution in [0.5, 0.6) is 0 Å². The third-order valence-corrected chi connectivity index (χ3v) is 6.00. The number of benzene rings is 1. The molecule has 8 heteroatoms. The molecule has 0 bridgehead atoms. The number of aryl methyl sites for hydroxylation is 1. The van der Waals surface area contributed by atoms with Gasteiger partial charge in [-0.15, -0.1) is 0 Å². The molecular formula is C21H23N3O4S. The third kappa shape index (κ3) is 4.23. The summed E-state index contributed by atoms with van der Waals surface area (Å²) in [6.07, 6.45) is 6.52. The number of aromatic nitrogens is 1. The molecule has 0 spiro atoms. The van der Waals surface area contributed by atoms with E-state index < -0.39 is 0 Å². The maximum atomic E-state index is 12.5. The number of amides is 3. The zero-order chi connectivity index (χ0) is 20.4. The van der Waals surface area contributed by atoms with Gasteiger partial charge in [-0.1, -0.05) is 25.1 Å². The number of rotatable bonds is 6. The second kappa shape index (κ2) is 8.42. The van der Waals surface area contributed by atoms with Crippen LogP contribution in [0.4, 0.5) is 4.79 Å². The minimum Gasteiger partial charge on any atom is -0.376 e. The molecule has 4 rings (SSSR count). The highest BCUT2D eigenvalue weighted by molar-refractivity contribution is 8.18. The summed E-state index contributed by atoms with van der Waals surface area (Å²) in [5.41, 5.74) is 2.91. The van der Waals surface area contributed by atoms with Crippen LogP contribution in [0.25, 0.3) is 17.0 Å². The minimum absolute atomic E-state index is 0.0781. The number of hydrogen-bond acceptors (Lipinski definition) is 5. The van der Waals surface area contributed by atoms with Crippen molar-refractivity contribution in [2.75, 3.05) is 13.2 Å². The number of carbonyl (C=O) groups is 3. The van der Waals surface area contributed by atoms with Gasteiger partial charge in [0.2, 0.25) is 5.91 Å². The second-order valence-corrected chi connectivity index (χ2v) is 8.19. The Bertz CT molecular complexity index is 1000. The summed E-state index contributed by atoms with van der Waals surface area (Å²) in [6.45, 7) is 3.53. The molecule has 2 aliphatic heterocycles. The van der Waals surface area contributed by atoms with E-state index in [9.17, 15) is 14.4 Å². The monoisotopic (exact) mass is 413 g/mol. The first-order valence-electron chi connectivity index (χ1n) is 9.79. The van der Waals surface area contributed by atoms with Gasteiger partial charge >= 0.3 is 0 Å². The summed E-state index contributed by atoms with van der Waals surface area (Å²) < 4.78 is 7.48. The van der Waals surface area contributed by atoms with Gasteiger partial charge in [0.05, 0.1) is 16.5 Å². The fourth-order valence-electron chi connectivity index (χ4n) is 3.80. The Labute approximate surface area is 172 Å². The maximum Gasteiger partial charge on any atom is 0.290 e. The van der Waals surface area contributed by atoms with Crippen molar-refractivity contribution < 1.29 is 19.1 Å². The van der Waals surface area contributed by atoms with E-state index in [1.807, 2.05) is 29.0 Å². The van der Waals surface area contributed by atoms with E-state index in [1.165, 1.54) is 0 Å². The molecule has 152 valence electrons. The number of nitrogens with zero attached hydrogens (tertiary/aromatic N) is 1. The highest BCUT2D eigenvalue weighted by atomic mass is 32.2. The topological polar surface area (TPSA) is 89.4 Å². The zero-order valence-electron chi connectivity index (χ0n) is 16.2. The van der Waals surface area contributed by atoms with Gasteiger partial charge in [0.1, 0.15) is 6.54 Å². The molecule has 2 saturated heterocycles. The van der Waals surface area contributed by atoms with Crippen LogP contribution in [0.2, 0.25) is 0 Å². The van der Waals surface area contributed by atoms with Crippen molar-refractivity contribution in [3.8, 4) is 0 Å². The number of thioether (sulfide) groups is 1. The summed E-state index contributed by atoms with van der Waals surface area (Å²) in [5.74, 6) is -0.465. The summed E-state index contributed by atoms with van der Waals surface area (Å²) in [5, 5.41) is 5.82. The van der Waals surface area contributed by atoms with Crippen molar-refractivity contribution >= 4 is 45.8 Å². The predicted octanol–water partition coefficient (Wildman–Crippen LogP) is 2.82. The van der Waals surface area contributed by atoms with Crippen molar-refractivity contribution in [3.05, 3.63) is 40.4 Å². The number of nitrogens with one attached hydrogen (secondary N) is 2. The SMILES string of the molecule is CCc1cccc2c(/C=C3\SC(=O)NC3=O)cn(CC(=O)NC[C@H]3CCCO3)c12. The van der Waals surface area contributed by atoms with Crippen molar-refractivity contribution in [2.24, 2.45) is 0 Å². The van der Waals surface area contributed by atoms with Crippen LogP contribution in [0, 0.1) is 0 Å². The second-order valence-electron chi connectivity index (χ2n) is 7.17. The number of para-hydroxylation sites is 1. The fourth-order valence-corrected chi connectivity index (χ4v) is 4.47. The van der Waals surface area contributed by atoms with Crippen molar-refractivity contribution in [3.63, 3.8) is 0 Å². The van der Waals surface area contributed by atoms with Gasteiger partial charge in [-0.25, -0.2) is 0 Å². The van der Waals surface area contributed by atoms with Crippen LogP contribution >= 0.6 is 11.8 Å². The molecule has 3 heterocycles.